The quantitative estimate of drug-likeness (QED) is 0.115. The van der Waals surface area contributed by atoms with Crippen molar-refractivity contribution in [1.29, 1.82) is 5.26 Å². The maximum absolute atomic E-state index is 16.5. The molecule has 0 radical (unpaired) electrons. The molecule has 17 heteroatoms. The van der Waals surface area contributed by atoms with Gasteiger partial charge in [0.25, 0.3) is 11.8 Å². The number of rotatable bonds is 13. The summed E-state index contributed by atoms with van der Waals surface area (Å²) in [5, 5.41) is 16.9. The molecule has 1 atom stereocenters. The van der Waals surface area contributed by atoms with Crippen LogP contribution < -0.4 is 29.3 Å². The first-order valence-corrected chi connectivity index (χ1v) is 22.3. The van der Waals surface area contributed by atoms with Gasteiger partial charge in [0.05, 0.1) is 48.9 Å². The predicted octanol–water partition coefficient (Wildman–Crippen LogP) is 7.80. The average molecular weight is 901 g/mol. The molecule has 0 saturated carbocycles. The molecule has 5 aromatic rings. The molecule has 66 heavy (non-hydrogen) atoms. The number of piperidine rings is 2. The van der Waals surface area contributed by atoms with Crippen LogP contribution in [0.1, 0.15) is 89.3 Å². The maximum Gasteiger partial charge on any atom is 0.329 e. The van der Waals surface area contributed by atoms with Crippen LogP contribution in [0.4, 0.5) is 25.1 Å². The number of aryl methyl sites for hydroxylation is 1. The molecule has 5 amide bonds. The van der Waals surface area contributed by atoms with Gasteiger partial charge in [-0.15, -0.1) is 0 Å². The van der Waals surface area contributed by atoms with Crippen LogP contribution in [0.5, 0.6) is 23.0 Å². The van der Waals surface area contributed by atoms with Gasteiger partial charge < -0.3 is 24.0 Å². The summed E-state index contributed by atoms with van der Waals surface area (Å²) in [4.78, 5) is 58.5. The predicted molar refractivity (Wildman–Crippen MR) is 240 cm³/mol. The highest BCUT2D eigenvalue weighted by Gasteiger charge is 2.42. The fourth-order valence-corrected chi connectivity index (χ4v) is 9.71. The number of halogens is 2. The van der Waals surface area contributed by atoms with Gasteiger partial charge in [-0.25, -0.2) is 13.6 Å². The molecule has 3 fully saturated rings. The van der Waals surface area contributed by atoms with Crippen LogP contribution in [0.25, 0.3) is 10.9 Å². The van der Waals surface area contributed by atoms with Gasteiger partial charge in [0.1, 0.15) is 11.4 Å². The Labute approximate surface area is 380 Å². The number of imide groups is 2. The number of aromatic nitrogens is 2. The molecular formula is C49H50F2N8O7. The van der Waals surface area contributed by atoms with E-state index in [0.717, 1.165) is 42.1 Å². The molecule has 15 nitrogen and oxygen atoms in total. The molecule has 4 aromatic carbocycles. The number of methoxy groups -OCH3 is 1. The first-order chi connectivity index (χ1) is 31.9. The Balaban J connectivity index is 0.779. The summed E-state index contributed by atoms with van der Waals surface area (Å²) in [7, 11) is 3.22. The van der Waals surface area contributed by atoms with E-state index in [-0.39, 0.29) is 53.9 Å². The number of anilines is 2. The lowest BCUT2D eigenvalue weighted by Gasteiger charge is -2.42. The Morgan fingerprint density at radius 1 is 0.894 bits per heavy atom. The van der Waals surface area contributed by atoms with Gasteiger partial charge >= 0.3 is 6.03 Å². The molecule has 0 unspecified atom stereocenters. The van der Waals surface area contributed by atoms with Crippen molar-refractivity contribution in [2.45, 2.75) is 63.1 Å². The molecule has 1 aromatic heterocycles. The largest absolute Gasteiger partial charge is 0.493 e. The number of nitrogens with one attached hydrogen (secondary N) is 1. The number of fused-ring (bicyclic) bond motifs is 2. The standard InChI is InChI=1S/C49H50F2N8O7/c1-4-65-43-25-32(7-12-41(43)64-3)39(13-19-52)59-46(61)35-11-8-33(26-36(35)47(59)62)57-23-17-49(51,18-24-57)29-56-20-14-31(15-21-56)30-5-9-34(10-6-30)66-42-28-40-37(27-38(42)50)45(54-55(40)2)58-22-16-44(60)53-48(58)63/h5-12,25-28,31,39H,4,13-18,20-24,29H2,1-3H3,(H,53,60,63)/t39-/m1/s1. The first-order valence-electron chi connectivity index (χ1n) is 22.3. The van der Waals surface area contributed by atoms with E-state index in [4.69, 9.17) is 14.2 Å². The zero-order valence-corrected chi connectivity index (χ0v) is 37.0. The van der Waals surface area contributed by atoms with E-state index in [1.807, 2.05) is 37.3 Å². The first kappa shape index (κ1) is 44.2. The molecule has 0 aliphatic carbocycles. The smallest absolute Gasteiger partial charge is 0.329 e. The van der Waals surface area contributed by atoms with Crippen molar-refractivity contribution >= 4 is 46.2 Å². The van der Waals surface area contributed by atoms with E-state index in [2.05, 4.69) is 26.3 Å². The zero-order valence-electron chi connectivity index (χ0n) is 37.0. The minimum Gasteiger partial charge on any atom is -0.493 e. The Bertz CT molecular complexity index is 2760. The maximum atomic E-state index is 16.5. The monoisotopic (exact) mass is 900 g/mol. The van der Waals surface area contributed by atoms with E-state index >= 15 is 8.78 Å². The van der Waals surface area contributed by atoms with E-state index in [1.54, 1.807) is 48.1 Å². The highest BCUT2D eigenvalue weighted by molar-refractivity contribution is 6.22. The summed E-state index contributed by atoms with van der Waals surface area (Å²) in [6.45, 7) is 5.11. The van der Waals surface area contributed by atoms with Crippen LogP contribution in [0.2, 0.25) is 0 Å². The van der Waals surface area contributed by atoms with Crippen LogP contribution >= 0.6 is 0 Å². The number of urea groups is 1. The third kappa shape index (κ3) is 8.48. The lowest BCUT2D eigenvalue weighted by atomic mass is 9.87. The van der Waals surface area contributed by atoms with Crippen molar-refractivity contribution in [2.75, 3.05) is 62.8 Å². The Hall–Kier alpha value is -7.06. The van der Waals surface area contributed by atoms with Crippen LogP contribution in [0.15, 0.2) is 72.8 Å². The van der Waals surface area contributed by atoms with Gasteiger partial charge in [0, 0.05) is 69.6 Å². The number of ether oxygens (including phenoxy) is 3. The highest BCUT2D eigenvalue weighted by atomic mass is 19.1. The number of hydrogen-bond donors (Lipinski definition) is 1. The fourth-order valence-electron chi connectivity index (χ4n) is 9.71. The van der Waals surface area contributed by atoms with Crippen LogP contribution in [0, 0.1) is 17.1 Å². The number of likely N-dealkylation sites (tertiary alicyclic amines) is 1. The lowest BCUT2D eigenvalue weighted by molar-refractivity contribution is -0.120. The Morgan fingerprint density at radius 2 is 1.64 bits per heavy atom. The van der Waals surface area contributed by atoms with Gasteiger partial charge in [0.15, 0.2) is 28.9 Å². The number of amides is 5. The summed E-state index contributed by atoms with van der Waals surface area (Å²) in [6, 6.07) is 21.5. The molecule has 3 saturated heterocycles. The zero-order chi connectivity index (χ0) is 46.3. The van der Waals surface area contributed by atoms with E-state index in [1.165, 1.54) is 18.1 Å². The molecule has 342 valence electrons. The minimum atomic E-state index is -1.37. The molecule has 5 heterocycles. The Kier molecular flexibility index (Phi) is 12.1. The number of benzene rings is 4. The molecular weight excluding hydrogens is 851 g/mol. The van der Waals surface area contributed by atoms with Crippen LogP contribution in [-0.2, 0) is 11.8 Å². The van der Waals surface area contributed by atoms with Crippen molar-refractivity contribution in [2.24, 2.45) is 7.05 Å². The molecule has 0 bridgehead atoms. The third-order valence-corrected chi connectivity index (χ3v) is 13.3. The molecule has 1 N–H and O–H groups in total. The van der Waals surface area contributed by atoms with Crippen LogP contribution in [-0.4, -0.2) is 102 Å². The SMILES string of the molecule is CCOc1cc([C@@H](CC#N)N2C(=O)c3ccc(N4CCC(F)(CN5CCC(c6ccc(Oc7cc8c(cc7F)c(N7CCC(=O)NC7=O)nn8C)cc6)CC5)CC4)cc3C2=O)ccc1OC. The van der Waals surface area contributed by atoms with Gasteiger partial charge in [-0.05, 0) is 98.4 Å². The molecule has 4 aliphatic heterocycles. The van der Waals surface area contributed by atoms with Gasteiger partial charge in [-0.3, -0.25) is 34.2 Å². The number of nitrogens with zero attached hydrogens (tertiary/aromatic N) is 7. The second-order valence-electron chi connectivity index (χ2n) is 17.3. The van der Waals surface area contributed by atoms with E-state index in [9.17, 15) is 24.4 Å². The summed E-state index contributed by atoms with van der Waals surface area (Å²) in [5.74, 6) is 0.0355. The second-order valence-corrected chi connectivity index (χ2v) is 17.3. The number of alkyl halides is 1. The van der Waals surface area contributed by atoms with Crippen molar-refractivity contribution in [1.82, 2.24) is 24.9 Å². The number of nitriles is 1. The topological polar surface area (TPSA) is 163 Å². The summed E-state index contributed by atoms with van der Waals surface area (Å²) in [5.41, 5.74) is 2.18. The van der Waals surface area contributed by atoms with Gasteiger partial charge in [0.2, 0.25) is 5.91 Å². The summed E-state index contributed by atoms with van der Waals surface area (Å²) in [6.07, 6.45) is 2.38. The lowest BCUT2D eigenvalue weighted by Crippen LogP contribution is -2.49. The molecule has 4 aliphatic rings. The average Bonchev–Trinajstić information content (AvgIpc) is 3.75. The van der Waals surface area contributed by atoms with E-state index in [0.29, 0.717) is 72.8 Å². The van der Waals surface area contributed by atoms with Crippen LogP contribution in [0.3, 0.4) is 0 Å². The molecule has 0 spiro atoms. The van der Waals surface area contributed by atoms with Gasteiger partial charge in [-0.1, -0.05) is 18.2 Å². The van der Waals surface area contributed by atoms with Crippen molar-refractivity contribution in [3.63, 3.8) is 0 Å². The number of hydrogen-bond acceptors (Lipinski definition) is 11. The van der Waals surface area contributed by atoms with Crippen molar-refractivity contribution < 1.29 is 42.2 Å². The van der Waals surface area contributed by atoms with Gasteiger partial charge in [-0.2, -0.15) is 10.4 Å². The summed E-state index contributed by atoms with van der Waals surface area (Å²) < 4.78 is 50.6. The Morgan fingerprint density at radius 3 is 2.33 bits per heavy atom. The normalized spacial score (nSPS) is 18.3. The number of carbonyl (C=O) groups excluding carboxylic acids is 4. The second kappa shape index (κ2) is 18.1. The minimum absolute atomic E-state index is 0.0115. The fraction of sp³-hybridized carbons (Fsp3) is 0.388. The molecule has 9 rings (SSSR count). The van der Waals surface area contributed by atoms with E-state index < -0.39 is 35.4 Å². The summed E-state index contributed by atoms with van der Waals surface area (Å²) >= 11 is 0. The van der Waals surface area contributed by atoms with Crippen molar-refractivity contribution in [3.05, 3.63) is 101 Å². The highest BCUT2D eigenvalue weighted by Crippen LogP contribution is 2.41. The third-order valence-electron chi connectivity index (χ3n) is 13.3. The van der Waals surface area contributed by atoms with Crippen molar-refractivity contribution in [3.8, 4) is 29.1 Å². The number of carbonyl (C=O) groups is 4.